The minimum absolute atomic E-state index is 0.371. The molecule has 23 heavy (non-hydrogen) atoms. The minimum Gasteiger partial charge on any atom is -0.390 e. The summed E-state index contributed by atoms with van der Waals surface area (Å²) in [7, 11) is 0. The van der Waals surface area contributed by atoms with Crippen molar-refractivity contribution in [3.05, 3.63) is 41.7 Å². The Morgan fingerprint density at radius 1 is 1.22 bits per heavy atom. The molecule has 0 radical (unpaired) electrons. The molecule has 2 rings (SSSR count). The van der Waals surface area contributed by atoms with E-state index in [4.69, 9.17) is 4.74 Å². The molecular formula is C18H26N2O2S. The molecule has 0 fully saturated rings. The van der Waals surface area contributed by atoms with E-state index < -0.39 is 6.10 Å². The van der Waals surface area contributed by atoms with E-state index in [1.807, 2.05) is 6.20 Å². The first-order chi connectivity index (χ1) is 11.0. The Labute approximate surface area is 142 Å². The molecule has 0 aliphatic carbocycles. The zero-order valence-corrected chi connectivity index (χ0v) is 15.1. The van der Waals surface area contributed by atoms with Crippen LogP contribution in [0.1, 0.15) is 25.0 Å². The molecule has 5 heteroatoms. The van der Waals surface area contributed by atoms with Crippen LogP contribution in [-0.4, -0.2) is 39.7 Å². The Kier molecular flexibility index (Phi) is 6.69. The topological polar surface area (TPSA) is 47.3 Å². The van der Waals surface area contributed by atoms with E-state index in [0.717, 1.165) is 10.8 Å². The third-order valence-corrected chi connectivity index (χ3v) is 4.65. The maximum atomic E-state index is 10.0. The second-order valence-electron chi connectivity index (χ2n) is 6.24. The van der Waals surface area contributed by atoms with Gasteiger partial charge in [-0.2, -0.15) is 0 Å². The fourth-order valence-electron chi connectivity index (χ4n) is 2.13. The molecule has 0 spiro atoms. The van der Waals surface area contributed by atoms with Crippen molar-refractivity contribution in [1.29, 1.82) is 0 Å². The molecule has 1 atom stereocenters. The molecule has 1 aromatic carbocycles. The van der Waals surface area contributed by atoms with Crippen LogP contribution in [0.3, 0.4) is 0 Å². The van der Waals surface area contributed by atoms with E-state index in [9.17, 15) is 5.11 Å². The van der Waals surface area contributed by atoms with Gasteiger partial charge in [0.25, 0.3) is 0 Å². The summed E-state index contributed by atoms with van der Waals surface area (Å²) >= 11 is 1.55. The smallest absolute Gasteiger partial charge is 0.172 e. The maximum Gasteiger partial charge on any atom is 0.172 e. The zero-order chi connectivity index (χ0) is 16.8. The lowest BCUT2D eigenvalue weighted by molar-refractivity contribution is 0.0364. The SMILES string of the molecule is Cc1ccc(-n2ccnc2SCC(O)COCC(C)C)cc1C. The van der Waals surface area contributed by atoms with Gasteiger partial charge in [0.2, 0.25) is 0 Å². The van der Waals surface area contributed by atoms with Gasteiger partial charge >= 0.3 is 0 Å². The number of aliphatic hydroxyl groups is 1. The highest BCUT2D eigenvalue weighted by atomic mass is 32.2. The predicted octanol–water partition coefficient (Wildman–Crippen LogP) is 3.61. The van der Waals surface area contributed by atoms with E-state index in [1.165, 1.54) is 11.1 Å². The van der Waals surface area contributed by atoms with E-state index in [1.54, 1.807) is 18.0 Å². The monoisotopic (exact) mass is 334 g/mol. The first kappa shape index (κ1) is 18.0. The minimum atomic E-state index is -0.483. The van der Waals surface area contributed by atoms with Crippen molar-refractivity contribution in [2.24, 2.45) is 5.92 Å². The lowest BCUT2D eigenvalue weighted by Gasteiger charge is -2.13. The molecule has 0 saturated heterocycles. The summed E-state index contributed by atoms with van der Waals surface area (Å²) in [6.45, 7) is 9.46. The number of ether oxygens (including phenoxy) is 1. The summed E-state index contributed by atoms with van der Waals surface area (Å²) < 4.78 is 7.53. The lowest BCUT2D eigenvalue weighted by Crippen LogP contribution is -2.19. The van der Waals surface area contributed by atoms with E-state index in [0.29, 0.717) is 24.9 Å². The van der Waals surface area contributed by atoms with Crippen LogP contribution in [0.5, 0.6) is 0 Å². The highest BCUT2D eigenvalue weighted by molar-refractivity contribution is 7.99. The summed E-state index contributed by atoms with van der Waals surface area (Å²) in [5.74, 6) is 1.05. The Balaban J connectivity index is 1.94. The van der Waals surface area contributed by atoms with Crippen LogP contribution in [0, 0.1) is 19.8 Å². The standard InChI is InChI=1S/C18H26N2O2S/c1-13(2)10-22-11-17(21)12-23-18-19-7-8-20(18)16-6-5-14(3)15(4)9-16/h5-9,13,17,21H,10-12H2,1-4H3. The molecule has 0 saturated carbocycles. The first-order valence-electron chi connectivity index (χ1n) is 7.97. The summed E-state index contributed by atoms with van der Waals surface area (Å²) in [5, 5.41) is 10.9. The summed E-state index contributed by atoms with van der Waals surface area (Å²) in [5.41, 5.74) is 3.63. The second kappa shape index (κ2) is 8.52. The van der Waals surface area contributed by atoms with Crippen molar-refractivity contribution < 1.29 is 9.84 Å². The van der Waals surface area contributed by atoms with Gasteiger partial charge in [-0.15, -0.1) is 0 Å². The quantitative estimate of drug-likeness (QED) is 0.749. The summed E-state index contributed by atoms with van der Waals surface area (Å²) in [6.07, 6.45) is 3.26. The number of benzene rings is 1. The van der Waals surface area contributed by atoms with Crippen LogP contribution in [0.2, 0.25) is 0 Å². The van der Waals surface area contributed by atoms with Crippen LogP contribution in [0.25, 0.3) is 5.69 Å². The summed E-state index contributed by atoms with van der Waals surface area (Å²) in [4.78, 5) is 4.40. The van der Waals surface area contributed by atoms with Crippen LogP contribution >= 0.6 is 11.8 Å². The summed E-state index contributed by atoms with van der Waals surface area (Å²) in [6, 6.07) is 6.37. The van der Waals surface area contributed by atoms with Crippen molar-refractivity contribution in [2.45, 2.75) is 39.0 Å². The Hall–Kier alpha value is -1.30. The molecule has 1 aromatic heterocycles. The molecule has 4 nitrogen and oxygen atoms in total. The van der Waals surface area contributed by atoms with Gasteiger partial charge in [0, 0.05) is 30.4 Å². The molecule has 0 bridgehead atoms. The van der Waals surface area contributed by atoms with E-state index in [-0.39, 0.29) is 0 Å². The van der Waals surface area contributed by atoms with Gasteiger partial charge in [-0.1, -0.05) is 31.7 Å². The Morgan fingerprint density at radius 3 is 2.70 bits per heavy atom. The Morgan fingerprint density at radius 2 is 2.00 bits per heavy atom. The van der Waals surface area contributed by atoms with Crippen LogP contribution < -0.4 is 0 Å². The van der Waals surface area contributed by atoms with Crippen molar-refractivity contribution in [1.82, 2.24) is 9.55 Å². The fourth-order valence-corrected chi connectivity index (χ4v) is 3.01. The zero-order valence-electron chi connectivity index (χ0n) is 14.3. The first-order valence-corrected chi connectivity index (χ1v) is 8.95. The van der Waals surface area contributed by atoms with Gasteiger partial charge in [0.15, 0.2) is 5.16 Å². The van der Waals surface area contributed by atoms with Gasteiger partial charge < -0.3 is 9.84 Å². The predicted molar refractivity (Wildman–Crippen MR) is 95.4 cm³/mol. The normalized spacial score (nSPS) is 12.8. The number of rotatable bonds is 8. The third kappa shape index (κ3) is 5.37. The van der Waals surface area contributed by atoms with Crippen molar-refractivity contribution in [3.63, 3.8) is 0 Å². The number of hydrogen-bond acceptors (Lipinski definition) is 4. The van der Waals surface area contributed by atoms with Crippen molar-refractivity contribution in [3.8, 4) is 5.69 Å². The molecular weight excluding hydrogens is 308 g/mol. The molecule has 126 valence electrons. The van der Waals surface area contributed by atoms with Gasteiger partial charge in [-0.25, -0.2) is 4.98 Å². The van der Waals surface area contributed by atoms with Crippen LogP contribution in [0.4, 0.5) is 0 Å². The van der Waals surface area contributed by atoms with E-state index >= 15 is 0 Å². The third-order valence-electron chi connectivity index (χ3n) is 3.54. The van der Waals surface area contributed by atoms with Crippen LogP contribution in [-0.2, 0) is 4.74 Å². The van der Waals surface area contributed by atoms with Gasteiger partial charge in [0.1, 0.15) is 0 Å². The van der Waals surface area contributed by atoms with E-state index in [2.05, 4.69) is 55.4 Å². The largest absolute Gasteiger partial charge is 0.390 e. The van der Waals surface area contributed by atoms with Crippen molar-refractivity contribution in [2.75, 3.05) is 19.0 Å². The van der Waals surface area contributed by atoms with Gasteiger partial charge in [-0.3, -0.25) is 4.57 Å². The number of aryl methyl sites for hydroxylation is 2. The fraction of sp³-hybridized carbons (Fsp3) is 0.500. The number of aromatic nitrogens is 2. The molecule has 0 aliphatic heterocycles. The second-order valence-corrected chi connectivity index (χ2v) is 7.23. The number of aliphatic hydroxyl groups excluding tert-OH is 1. The number of thioether (sulfide) groups is 1. The molecule has 1 unspecified atom stereocenters. The highest BCUT2D eigenvalue weighted by Crippen LogP contribution is 2.22. The Bertz CT molecular complexity index is 625. The number of hydrogen-bond donors (Lipinski definition) is 1. The number of imidazole rings is 1. The highest BCUT2D eigenvalue weighted by Gasteiger charge is 2.11. The molecule has 1 N–H and O–H groups in total. The molecule has 0 aliphatic rings. The number of nitrogens with zero attached hydrogens (tertiary/aromatic N) is 2. The molecule has 1 heterocycles. The lowest BCUT2D eigenvalue weighted by atomic mass is 10.1. The van der Waals surface area contributed by atoms with Gasteiger partial charge in [-0.05, 0) is 43.0 Å². The average molecular weight is 334 g/mol. The van der Waals surface area contributed by atoms with Crippen LogP contribution in [0.15, 0.2) is 35.7 Å². The van der Waals surface area contributed by atoms with Crippen molar-refractivity contribution >= 4 is 11.8 Å². The maximum absolute atomic E-state index is 10.0. The molecule has 2 aromatic rings. The average Bonchev–Trinajstić information content (AvgIpc) is 2.96. The molecule has 0 amide bonds. The van der Waals surface area contributed by atoms with Gasteiger partial charge in [0.05, 0.1) is 12.7 Å².